The van der Waals surface area contributed by atoms with Crippen molar-refractivity contribution < 1.29 is 4.74 Å². The summed E-state index contributed by atoms with van der Waals surface area (Å²) >= 11 is 3.53. The largest absolute Gasteiger partial charge is 0.381 e. The van der Waals surface area contributed by atoms with Gasteiger partial charge in [0.25, 0.3) is 0 Å². The summed E-state index contributed by atoms with van der Waals surface area (Å²) in [5, 5.41) is 5.98. The number of likely N-dealkylation sites (tertiary alicyclic amines) is 1. The zero-order valence-electron chi connectivity index (χ0n) is 12.0. The van der Waals surface area contributed by atoms with Gasteiger partial charge in [-0.3, -0.25) is 9.58 Å². The number of ether oxygens (including phenoxy) is 1. The minimum atomic E-state index is 0.513. The van der Waals surface area contributed by atoms with Crippen molar-refractivity contribution in [2.24, 2.45) is 0 Å². The molecule has 4 rings (SSSR count). The predicted octanol–water partition coefficient (Wildman–Crippen LogP) is 3.22. The fourth-order valence-corrected chi connectivity index (χ4v) is 3.95. The number of halogens is 1. The average molecular weight is 350 g/mol. The quantitative estimate of drug-likeness (QED) is 0.833. The summed E-state index contributed by atoms with van der Waals surface area (Å²) in [7, 11) is 0. The highest BCUT2D eigenvalue weighted by Crippen LogP contribution is 2.28. The predicted molar refractivity (Wildman–Crippen MR) is 86.5 cm³/mol. The molecule has 2 aromatic rings. The lowest BCUT2D eigenvalue weighted by molar-refractivity contribution is 0.0412. The molecule has 112 valence electrons. The van der Waals surface area contributed by atoms with Crippen LogP contribution < -0.4 is 0 Å². The molecule has 0 aliphatic carbocycles. The third kappa shape index (κ3) is 2.74. The second kappa shape index (κ2) is 5.71. The molecule has 4 nitrogen and oxygen atoms in total. The van der Waals surface area contributed by atoms with Crippen molar-refractivity contribution in [3.8, 4) is 0 Å². The highest BCUT2D eigenvalue weighted by Gasteiger charge is 2.30. The molecular formula is C16H20BrN3O. The van der Waals surface area contributed by atoms with Crippen LogP contribution in [0.2, 0.25) is 0 Å². The fraction of sp³-hybridized carbons (Fsp3) is 0.562. The van der Waals surface area contributed by atoms with E-state index in [2.05, 4.69) is 49.9 Å². The van der Waals surface area contributed by atoms with Gasteiger partial charge in [0.15, 0.2) is 0 Å². The fourth-order valence-electron chi connectivity index (χ4n) is 3.57. The summed E-state index contributed by atoms with van der Waals surface area (Å²) in [6.07, 6.45) is 5.76. The van der Waals surface area contributed by atoms with Crippen LogP contribution in [-0.2, 0) is 4.74 Å². The molecule has 21 heavy (non-hydrogen) atoms. The second-order valence-electron chi connectivity index (χ2n) is 6.09. The van der Waals surface area contributed by atoms with Gasteiger partial charge in [0, 0.05) is 48.4 Å². The van der Waals surface area contributed by atoms with E-state index < -0.39 is 0 Å². The first-order chi connectivity index (χ1) is 10.3. The Bertz CT molecular complexity index is 635. The molecule has 2 aliphatic rings. The molecule has 0 spiro atoms. The maximum Gasteiger partial charge on any atom is 0.0924 e. The van der Waals surface area contributed by atoms with Gasteiger partial charge in [-0.2, -0.15) is 5.10 Å². The lowest BCUT2D eigenvalue weighted by Gasteiger charge is -2.30. The Labute approximate surface area is 133 Å². The van der Waals surface area contributed by atoms with Crippen LogP contribution >= 0.6 is 15.9 Å². The molecule has 0 saturated carbocycles. The van der Waals surface area contributed by atoms with E-state index in [0.717, 1.165) is 29.7 Å². The standard InChI is InChI=1S/C16H20BrN3O/c17-13-1-2-16-12(9-13)10-20(18-16)15-3-6-19(11-15)14-4-7-21-8-5-14/h1-2,9-10,14-15H,3-8,11H2. The van der Waals surface area contributed by atoms with Gasteiger partial charge in [-0.1, -0.05) is 15.9 Å². The third-order valence-corrected chi connectivity index (χ3v) is 5.25. The van der Waals surface area contributed by atoms with Crippen LogP contribution in [0.1, 0.15) is 25.3 Å². The normalized spacial score (nSPS) is 24.9. The van der Waals surface area contributed by atoms with E-state index in [4.69, 9.17) is 9.84 Å². The highest BCUT2D eigenvalue weighted by molar-refractivity contribution is 9.10. The number of hydrogen-bond acceptors (Lipinski definition) is 3. The lowest BCUT2D eigenvalue weighted by atomic mass is 10.1. The zero-order valence-corrected chi connectivity index (χ0v) is 13.6. The maximum absolute atomic E-state index is 5.47. The van der Waals surface area contributed by atoms with E-state index in [1.165, 1.54) is 31.2 Å². The van der Waals surface area contributed by atoms with Crippen molar-refractivity contribution in [3.63, 3.8) is 0 Å². The molecule has 2 fully saturated rings. The molecular weight excluding hydrogens is 330 g/mol. The number of nitrogens with zero attached hydrogens (tertiary/aromatic N) is 3. The van der Waals surface area contributed by atoms with Crippen LogP contribution in [0.3, 0.4) is 0 Å². The van der Waals surface area contributed by atoms with E-state index in [-0.39, 0.29) is 0 Å². The number of benzene rings is 1. The topological polar surface area (TPSA) is 30.3 Å². The Morgan fingerprint density at radius 3 is 2.86 bits per heavy atom. The van der Waals surface area contributed by atoms with Crippen LogP contribution in [0, 0.1) is 0 Å². The smallest absolute Gasteiger partial charge is 0.0924 e. The van der Waals surface area contributed by atoms with Crippen LogP contribution in [-0.4, -0.2) is 47.0 Å². The number of aromatic nitrogens is 2. The van der Waals surface area contributed by atoms with Gasteiger partial charge >= 0.3 is 0 Å². The number of rotatable bonds is 2. The average Bonchev–Trinajstić information content (AvgIpc) is 3.14. The lowest BCUT2D eigenvalue weighted by Crippen LogP contribution is -2.38. The monoisotopic (exact) mass is 349 g/mol. The molecule has 5 heteroatoms. The third-order valence-electron chi connectivity index (χ3n) is 4.76. The van der Waals surface area contributed by atoms with Crippen molar-refractivity contribution in [1.29, 1.82) is 0 Å². The van der Waals surface area contributed by atoms with Gasteiger partial charge in [0.2, 0.25) is 0 Å². The number of hydrogen-bond donors (Lipinski definition) is 0. The van der Waals surface area contributed by atoms with E-state index >= 15 is 0 Å². The van der Waals surface area contributed by atoms with Crippen molar-refractivity contribution in [3.05, 3.63) is 28.9 Å². The van der Waals surface area contributed by atoms with Gasteiger partial charge in [-0.15, -0.1) is 0 Å². The summed E-state index contributed by atoms with van der Waals surface area (Å²) in [4.78, 5) is 2.63. The zero-order chi connectivity index (χ0) is 14.2. The van der Waals surface area contributed by atoms with E-state index in [0.29, 0.717) is 12.1 Å². The SMILES string of the molecule is Brc1ccc2nn(C3CCN(C4CCOCC4)C3)cc2c1. The minimum absolute atomic E-state index is 0.513. The molecule has 0 radical (unpaired) electrons. The molecule has 0 bridgehead atoms. The Balaban J connectivity index is 1.50. The summed E-state index contributed by atoms with van der Waals surface area (Å²) in [5.41, 5.74) is 1.09. The van der Waals surface area contributed by atoms with E-state index in [9.17, 15) is 0 Å². The summed E-state index contributed by atoms with van der Waals surface area (Å²) in [6.45, 7) is 4.16. The molecule has 1 aromatic heterocycles. The van der Waals surface area contributed by atoms with Crippen molar-refractivity contribution in [2.75, 3.05) is 26.3 Å². The van der Waals surface area contributed by atoms with Gasteiger partial charge in [0.05, 0.1) is 11.6 Å². The molecule has 0 amide bonds. The molecule has 3 heterocycles. The van der Waals surface area contributed by atoms with Crippen molar-refractivity contribution in [1.82, 2.24) is 14.7 Å². The Morgan fingerprint density at radius 2 is 2.00 bits per heavy atom. The first-order valence-corrected chi connectivity index (χ1v) is 8.55. The molecule has 2 aliphatic heterocycles. The summed E-state index contributed by atoms with van der Waals surface area (Å²) in [5.74, 6) is 0. The van der Waals surface area contributed by atoms with Crippen LogP contribution in [0.15, 0.2) is 28.9 Å². The Morgan fingerprint density at radius 1 is 1.14 bits per heavy atom. The van der Waals surface area contributed by atoms with E-state index in [1.54, 1.807) is 0 Å². The van der Waals surface area contributed by atoms with Crippen LogP contribution in [0.4, 0.5) is 0 Å². The van der Waals surface area contributed by atoms with Crippen molar-refractivity contribution >= 4 is 26.8 Å². The van der Waals surface area contributed by atoms with Gasteiger partial charge in [-0.25, -0.2) is 0 Å². The Hall–Kier alpha value is -0.910. The number of fused-ring (bicyclic) bond motifs is 1. The molecule has 0 N–H and O–H groups in total. The molecule has 2 saturated heterocycles. The first-order valence-electron chi connectivity index (χ1n) is 7.76. The van der Waals surface area contributed by atoms with E-state index in [1.807, 2.05) is 0 Å². The summed E-state index contributed by atoms with van der Waals surface area (Å²) < 4.78 is 8.77. The van der Waals surface area contributed by atoms with Gasteiger partial charge in [0.1, 0.15) is 0 Å². The van der Waals surface area contributed by atoms with Gasteiger partial charge in [-0.05, 0) is 37.5 Å². The second-order valence-corrected chi connectivity index (χ2v) is 7.01. The minimum Gasteiger partial charge on any atom is -0.381 e. The van der Waals surface area contributed by atoms with Gasteiger partial charge < -0.3 is 4.74 Å². The maximum atomic E-state index is 5.47. The van der Waals surface area contributed by atoms with Crippen LogP contribution in [0.25, 0.3) is 10.9 Å². The first kappa shape index (κ1) is 13.7. The Kier molecular flexibility index (Phi) is 3.73. The van der Waals surface area contributed by atoms with Crippen molar-refractivity contribution in [2.45, 2.75) is 31.3 Å². The molecule has 1 atom stereocenters. The molecule has 1 aromatic carbocycles. The van der Waals surface area contributed by atoms with Crippen LogP contribution in [0.5, 0.6) is 0 Å². The summed E-state index contributed by atoms with van der Waals surface area (Å²) in [6, 6.07) is 7.51. The molecule has 1 unspecified atom stereocenters. The highest BCUT2D eigenvalue weighted by atomic mass is 79.9.